The van der Waals surface area contributed by atoms with Crippen molar-refractivity contribution in [2.24, 2.45) is 0 Å². The van der Waals surface area contributed by atoms with Crippen molar-refractivity contribution in [1.29, 1.82) is 0 Å². The van der Waals surface area contributed by atoms with Gasteiger partial charge in [0.15, 0.2) is 0 Å². The van der Waals surface area contributed by atoms with Crippen LogP contribution in [-0.2, 0) is 0 Å². The van der Waals surface area contributed by atoms with Crippen LogP contribution < -0.4 is 15.4 Å². The number of likely N-dealkylation sites (N-methyl/N-ethyl adjacent to an activating group) is 1. The number of hydrogen-bond acceptors (Lipinski definition) is 4. The lowest BCUT2D eigenvalue weighted by molar-refractivity contribution is 0.177. The van der Waals surface area contributed by atoms with Gasteiger partial charge in [-0.25, -0.2) is 0 Å². The number of nitrogens with one attached hydrogen (secondary N) is 2. The van der Waals surface area contributed by atoms with Crippen LogP contribution in [-0.4, -0.2) is 31.9 Å². The summed E-state index contributed by atoms with van der Waals surface area (Å²) in [4.78, 5) is 0. The maximum atomic E-state index is 9.78. The van der Waals surface area contributed by atoms with Crippen LogP contribution in [0.5, 0.6) is 5.75 Å². The molecule has 0 saturated carbocycles. The van der Waals surface area contributed by atoms with E-state index in [-0.39, 0.29) is 0 Å². The summed E-state index contributed by atoms with van der Waals surface area (Å²) < 4.78 is 5.50. The van der Waals surface area contributed by atoms with Crippen LogP contribution in [0.1, 0.15) is 11.7 Å². The topological polar surface area (TPSA) is 53.5 Å². The first-order valence-electron chi connectivity index (χ1n) is 5.14. The van der Waals surface area contributed by atoms with E-state index in [0.717, 1.165) is 23.5 Å². The third kappa shape index (κ3) is 2.22. The summed E-state index contributed by atoms with van der Waals surface area (Å²) in [7, 11) is 1.82. The van der Waals surface area contributed by atoms with Gasteiger partial charge in [-0.1, -0.05) is 6.07 Å². The van der Waals surface area contributed by atoms with Crippen LogP contribution >= 0.6 is 0 Å². The van der Waals surface area contributed by atoms with Gasteiger partial charge in [-0.3, -0.25) is 0 Å². The van der Waals surface area contributed by atoms with Gasteiger partial charge in [-0.15, -0.1) is 0 Å². The summed E-state index contributed by atoms with van der Waals surface area (Å²) in [6, 6.07) is 5.76. The first-order valence-corrected chi connectivity index (χ1v) is 5.14. The minimum absolute atomic E-state index is 0.481. The second kappa shape index (κ2) is 4.51. The largest absolute Gasteiger partial charge is 0.490 e. The zero-order valence-corrected chi connectivity index (χ0v) is 8.79. The predicted octanol–water partition coefficient (Wildman–Crippen LogP) is 0.744. The van der Waals surface area contributed by atoms with Crippen molar-refractivity contribution in [3.63, 3.8) is 0 Å². The van der Waals surface area contributed by atoms with E-state index in [1.54, 1.807) is 0 Å². The lowest BCUT2D eigenvalue weighted by atomic mass is 10.1. The van der Waals surface area contributed by atoms with E-state index in [4.69, 9.17) is 4.74 Å². The molecule has 1 aliphatic rings. The number of rotatable bonds is 3. The van der Waals surface area contributed by atoms with Crippen LogP contribution in [0, 0.1) is 0 Å². The quantitative estimate of drug-likeness (QED) is 0.686. The highest BCUT2D eigenvalue weighted by molar-refractivity contribution is 5.59. The molecule has 0 saturated heterocycles. The zero-order chi connectivity index (χ0) is 10.7. The van der Waals surface area contributed by atoms with E-state index in [2.05, 4.69) is 10.6 Å². The first-order chi connectivity index (χ1) is 7.31. The lowest BCUT2D eigenvalue weighted by Crippen LogP contribution is -2.19. The standard InChI is InChI=1S/C11H16N2O2/c1-12-7-10(14)8-2-3-9-11(6-8)15-5-4-13-9/h2-3,6,10,12-14H,4-5,7H2,1H3. The van der Waals surface area contributed by atoms with E-state index >= 15 is 0 Å². The van der Waals surface area contributed by atoms with Gasteiger partial charge in [0.25, 0.3) is 0 Å². The molecular weight excluding hydrogens is 192 g/mol. The Morgan fingerprint density at radius 3 is 3.27 bits per heavy atom. The van der Waals surface area contributed by atoms with Crippen LogP contribution in [0.25, 0.3) is 0 Å². The van der Waals surface area contributed by atoms with Crippen molar-refractivity contribution in [2.75, 3.05) is 32.1 Å². The summed E-state index contributed by atoms with van der Waals surface area (Å²) in [5.41, 5.74) is 1.88. The van der Waals surface area contributed by atoms with E-state index in [1.807, 2.05) is 25.2 Å². The Bertz CT molecular complexity index is 341. The average molecular weight is 208 g/mol. The summed E-state index contributed by atoms with van der Waals surface area (Å²) in [6.07, 6.45) is -0.481. The monoisotopic (exact) mass is 208 g/mol. The molecule has 0 aliphatic carbocycles. The average Bonchev–Trinajstić information content (AvgIpc) is 2.29. The number of fused-ring (bicyclic) bond motifs is 1. The van der Waals surface area contributed by atoms with Gasteiger partial charge in [0.05, 0.1) is 11.8 Å². The van der Waals surface area contributed by atoms with Crippen LogP contribution in [0.2, 0.25) is 0 Å². The molecule has 1 aliphatic heterocycles. The van der Waals surface area contributed by atoms with Gasteiger partial charge < -0.3 is 20.5 Å². The molecule has 1 aromatic rings. The Kier molecular flexibility index (Phi) is 3.08. The van der Waals surface area contributed by atoms with E-state index in [0.29, 0.717) is 13.2 Å². The number of ether oxygens (including phenoxy) is 1. The maximum Gasteiger partial charge on any atom is 0.142 e. The molecule has 0 amide bonds. The van der Waals surface area contributed by atoms with Gasteiger partial charge in [0.2, 0.25) is 0 Å². The molecule has 82 valence electrons. The molecule has 0 bridgehead atoms. The van der Waals surface area contributed by atoms with E-state index < -0.39 is 6.10 Å². The number of aliphatic hydroxyl groups excluding tert-OH is 1. The van der Waals surface area contributed by atoms with Crippen molar-refractivity contribution in [1.82, 2.24) is 5.32 Å². The molecule has 1 heterocycles. The smallest absolute Gasteiger partial charge is 0.142 e. The maximum absolute atomic E-state index is 9.78. The highest BCUT2D eigenvalue weighted by Gasteiger charge is 2.13. The second-order valence-electron chi connectivity index (χ2n) is 3.60. The Hall–Kier alpha value is -1.26. The highest BCUT2D eigenvalue weighted by Crippen LogP contribution is 2.30. The van der Waals surface area contributed by atoms with Gasteiger partial charge in [0, 0.05) is 13.1 Å². The summed E-state index contributed by atoms with van der Waals surface area (Å²) in [5.74, 6) is 0.828. The third-order valence-corrected chi connectivity index (χ3v) is 2.46. The van der Waals surface area contributed by atoms with Crippen LogP contribution in [0.4, 0.5) is 5.69 Å². The van der Waals surface area contributed by atoms with Crippen molar-refractivity contribution >= 4 is 5.69 Å². The Morgan fingerprint density at radius 1 is 1.60 bits per heavy atom. The van der Waals surface area contributed by atoms with Gasteiger partial charge in [-0.05, 0) is 24.7 Å². The fourth-order valence-corrected chi connectivity index (χ4v) is 1.67. The molecule has 1 unspecified atom stereocenters. The minimum atomic E-state index is -0.481. The van der Waals surface area contributed by atoms with E-state index in [9.17, 15) is 5.11 Å². The molecule has 15 heavy (non-hydrogen) atoms. The van der Waals surface area contributed by atoms with Crippen molar-refractivity contribution in [3.05, 3.63) is 23.8 Å². The molecule has 3 N–H and O–H groups in total. The van der Waals surface area contributed by atoms with Crippen LogP contribution in [0.15, 0.2) is 18.2 Å². The van der Waals surface area contributed by atoms with Gasteiger partial charge in [-0.2, -0.15) is 0 Å². The minimum Gasteiger partial charge on any atom is -0.490 e. The van der Waals surface area contributed by atoms with Crippen molar-refractivity contribution in [3.8, 4) is 5.75 Å². The Balaban J connectivity index is 2.20. The molecule has 0 spiro atoms. The molecule has 0 fully saturated rings. The summed E-state index contributed by atoms with van der Waals surface area (Å²) >= 11 is 0. The van der Waals surface area contributed by atoms with Crippen LogP contribution in [0.3, 0.4) is 0 Å². The highest BCUT2D eigenvalue weighted by atomic mass is 16.5. The molecule has 1 aromatic carbocycles. The lowest BCUT2D eigenvalue weighted by Gasteiger charge is -2.20. The molecule has 1 atom stereocenters. The first kappa shape index (κ1) is 10.3. The molecular formula is C11H16N2O2. The summed E-state index contributed by atoms with van der Waals surface area (Å²) in [6.45, 7) is 2.07. The van der Waals surface area contributed by atoms with Crippen molar-refractivity contribution < 1.29 is 9.84 Å². The van der Waals surface area contributed by atoms with Crippen molar-refractivity contribution in [2.45, 2.75) is 6.10 Å². The molecule has 0 radical (unpaired) electrons. The van der Waals surface area contributed by atoms with E-state index in [1.165, 1.54) is 0 Å². The second-order valence-corrected chi connectivity index (χ2v) is 3.60. The molecule has 0 aromatic heterocycles. The Labute approximate surface area is 89.3 Å². The number of aliphatic hydroxyl groups is 1. The fourth-order valence-electron chi connectivity index (χ4n) is 1.67. The fraction of sp³-hybridized carbons (Fsp3) is 0.455. The van der Waals surface area contributed by atoms with Gasteiger partial charge >= 0.3 is 0 Å². The van der Waals surface area contributed by atoms with Gasteiger partial charge in [0.1, 0.15) is 12.4 Å². The predicted molar refractivity (Wildman–Crippen MR) is 59.3 cm³/mol. The molecule has 2 rings (SSSR count). The summed E-state index contributed by atoms with van der Waals surface area (Å²) in [5, 5.41) is 16.0. The zero-order valence-electron chi connectivity index (χ0n) is 8.79. The third-order valence-electron chi connectivity index (χ3n) is 2.46. The SMILES string of the molecule is CNCC(O)c1ccc2c(c1)OCCN2. The molecule has 4 heteroatoms. The normalized spacial score (nSPS) is 16.1. The number of hydrogen-bond donors (Lipinski definition) is 3. The number of anilines is 1. The Morgan fingerprint density at radius 2 is 2.47 bits per heavy atom. The molecule has 4 nitrogen and oxygen atoms in total. The number of benzene rings is 1.